The van der Waals surface area contributed by atoms with E-state index in [4.69, 9.17) is 10.5 Å². The number of hydrogen-bond acceptors (Lipinski definition) is 5. The van der Waals surface area contributed by atoms with Crippen LogP contribution in [0.4, 0.5) is 10.5 Å². The SMILES string of the molecule is CCCNC(=O)[C@H]1CN([C@H](C(=O)NC(N)=O)c2ccccc2)c2ccccc2O1. The lowest BCUT2D eigenvalue weighted by Crippen LogP contribution is -2.53. The Morgan fingerprint density at radius 2 is 1.83 bits per heavy atom. The second-order valence-corrected chi connectivity index (χ2v) is 6.68. The first-order chi connectivity index (χ1) is 14.0. The Morgan fingerprint density at radius 3 is 2.52 bits per heavy atom. The monoisotopic (exact) mass is 396 g/mol. The van der Waals surface area contributed by atoms with Gasteiger partial charge in [0.2, 0.25) is 0 Å². The van der Waals surface area contributed by atoms with Crippen LogP contribution in [0.5, 0.6) is 5.75 Å². The molecule has 152 valence electrons. The zero-order chi connectivity index (χ0) is 20.8. The number of anilines is 1. The van der Waals surface area contributed by atoms with Gasteiger partial charge in [-0.2, -0.15) is 0 Å². The van der Waals surface area contributed by atoms with Gasteiger partial charge in [0, 0.05) is 6.54 Å². The molecule has 0 spiro atoms. The normalized spacial score (nSPS) is 16.2. The second kappa shape index (κ2) is 9.09. The van der Waals surface area contributed by atoms with E-state index >= 15 is 0 Å². The van der Waals surface area contributed by atoms with E-state index in [0.29, 0.717) is 23.5 Å². The number of benzene rings is 2. The van der Waals surface area contributed by atoms with Gasteiger partial charge in [0.05, 0.1) is 12.2 Å². The van der Waals surface area contributed by atoms with Crippen LogP contribution < -0.4 is 26.0 Å². The number of urea groups is 1. The van der Waals surface area contributed by atoms with Gasteiger partial charge >= 0.3 is 6.03 Å². The van der Waals surface area contributed by atoms with Crippen molar-refractivity contribution < 1.29 is 19.1 Å². The van der Waals surface area contributed by atoms with E-state index in [1.54, 1.807) is 41.3 Å². The molecule has 8 heteroatoms. The largest absolute Gasteiger partial charge is 0.477 e. The van der Waals surface area contributed by atoms with Gasteiger partial charge in [-0.25, -0.2) is 4.79 Å². The Morgan fingerprint density at radius 1 is 1.14 bits per heavy atom. The number of carbonyl (C=O) groups excluding carboxylic acids is 3. The van der Waals surface area contributed by atoms with E-state index in [9.17, 15) is 14.4 Å². The summed E-state index contributed by atoms with van der Waals surface area (Å²) >= 11 is 0. The fraction of sp³-hybridized carbons (Fsp3) is 0.286. The standard InChI is InChI=1S/C21H24N4O4/c1-2-12-23-19(26)17-13-25(15-10-6-7-11-16(15)29-17)18(20(27)24-21(22)28)14-8-4-3-5-9-14/h3-11,17-18H,2,12-13H2,1H3,(H,23,26)(H3,22,24,27,28)/t17-,18+/m1/s1. The van der Waals surface area contributed by atoms with Gasteiger partial charge < -0.3 is 20.7 Å². The second-order valence-electron chi connectivity index (χ2n) is 6.68. The predicted molar refractivity (Wildman–Crippen MR) is 108 cm³/mol. The van der Waals surface area contributed by atoms with Crippen LogP contribution in [-0.4, -0.2) is 37.0 Å². The van der Waals surface area contributed by atoms with Crippen LogP contribution in [-0.2, 0) is 9.59 Å². The van der Waals surface area contributed by atoms with Crippen molar-refractivity contribution in [3.63, 3.8) is 0 Å². The molecule has 0 aromatic heterocycles. The quantitative estimate of drug-likeness (QED) is 0.688. The number of carbonyl (C=O) groups is 3. The molecular weight excluding hydrogens is 372 g/mol. The van der Waals surface area contributed by atoms with Gasteiger partial charge in [-0.05, 0) is 24.1 Å². The maximum absolute atomic E-state index is 12.9. The zero-order valence-corrected chi connectivity index (χ0v) is 16.1. The molecule has 1 aliphatic rings. The van der Waals surface area contributed by atoms with E-state index in [-0.39, 0.29) is 12.5 Å². The fourth-order valence-corrected chi connectivity index (χ4v) is 3.30. The van der Waals surface area contributed by atoms with Crippen LogP contribution >= 0.6 is 0 Å². The van der Waals surface area contributed by atoms with Gasteiger partial charge in [0.1, 0.15) is 11.8 Å². The van der Waals surface area contributed by atoms with Crippen molar-refractivity contribution in [2.24, 2.45) is 5.73 Å². The maximum atomic E-state index is 12.9. The summed E-state index contributed by atoms with van der Waals surface area (Å²) in [6, 6.07) is 14.4. The average Bonchev–Trinajstić information content (AvgIpc) is 2.72. The number of primary amides is 1. The van der Waals surface area contributed by atoms with Crippen LogP contribution in [0.1, 0.15) is 24.9 Å². The van der Waals surface area contributed by atoms with E-state index in [1.807, 2.05) is 25.1 Å². The highest BCUT2D eigenvalue weighted by atomic mass is 16.5. The number of nitrogens with one attached hydrogen (secondary N) is 2. The Hall–Kier alpha value is -3.55. The average molecular weight is 396 g/mol. The van der Waals surface area contributed by atoms with Crippen LogP contribution in [0.2, 0.25) is 0 Å². The number of nitrogens with zero attached hydrogens (tertiary/aromatic N) is 1. The summed E-state index contributed by atoms with van der Waals surface area (Å²) in [5.41, 5.74) is 6.50. The lowest BCUT2D eigenvalue weighted by atomic mass is 10.0. The highest BCUT2D eigenvalue weighted by Gasteiger charge is 2.37. The molecule has 0 aliphatic carbocycles. The lowest BCUT2D eigenvalue weighted by molar-refractivity contribution is -0.128. The van der Waals surface area contributed by atoms with Crippen molar-refractivity contribution in [2.75, 3.05) is 18.0 Å². The zero-order valence-electron chi connectivity index (χ0n) is 16.1. The first-order valence-electron chi connectivity index (χ1n) is 9.46. The molecular formula is C21H24N4O4. The summed E-state index contributed by atoms with van der Waals surface area (Å²) < 4.78 is 5.89. The Labute approximate surface area is 169 Å². The summed E-state index contributed by atoms with van der Waals surface area (Å²) in [6.45, 7) is 2.63. The molecule has 4 N–H and O–H groups in total. The highest BCUT2D eigenvalue weighted by molar-refractivity contribution is 5.99. The molecule has 4 amide bonds. The minimum Gasteiger partial charge on any atom is -0.477 e. The molecule has 0 radical (unpaired) electrons. The van der Waals surface area contributed by atoms with E-state index in [1.165, 1.54) is 0 Å². The van der Waals surface area contributed by atoms with E-state index in [0.717, 1.165) is 6.42 Å². The molecule has 0 fully saturated rings. The van der Waals surface area contributed by atoms with Crippen molar-refractivity contribution in [3.8, 4) is 5.75 Å². The summed E-state index contributed by atoms with van der Waals surface area (Å²) in [5, 5.41) is 4.99. The van der Waals surface area contributed by atoms with E-state index < -0.39 is 24.1 Å². The number of nitrogens with two attached hydrogens (primary N) is 1. The van der Waals surface area contributed by atoms with Gasteiger partial charge in [0.25, 0.3) is 11.8 Å². The minimum absolute atomic E-state index is 0.137. The third kappa shape index (κ3) is 4.66. The third-order valence-corrected chi connectivity index (χ3v) is 4.57. The Balaban J connectivity index is 2.01. The Bertz CT molecular complexity index is 887. The molecule has 1 aliphatic heterocycles. The number of imide groups is 1. The molecule has 0 saturated carbocycles. The smallest absolute Gasteiger partial charge is 0.318 e. The Kier molecular flexibility index (Phi) is 6.33. The van der Waals surface area contributed by atoms with Crippen LogP contribution in [0.25, 0.3) is 0 Å². The van der Waals surface area contributed by atoms with Gasteiger partial charge in [-0.1, -0.05) is 49.4 Å². The molecule has 2 atom stereocenters. The first-order valence-corrected chi connectivity index (χ1v) is 9.46. The van der Waals surface area contributed by atoms with Crippen molar-refractivity contribution in [2.45, 2.75) is 25.5 Å². The molecule has 1 heterocycles. The summed E-state index contributed by atoms with van der Waals surface area (Å²) in [7, 11) is 0. The number of ether oxygens (including phenoxy) is 1. The fourth-order valence-electron chi connectivity index (χ4n) is 3.30. The van der Waals surface area contributed by atoms with Gasteiger partial charge in [0.15, 0.2) is 6.10 Å². The highest BCUT2D eigenvalue weighted by Crippen LogP contribution is 2.38. The van der Waals surface area contributed by atoms with Crippen LogP contribution in [0, 0.1) is 0 Å². The molecule has 3 rings (SSSR count). The number of fused-ring (bicyclic) bond motifs is 1. The van der Waals surface area contributed by atoms with E-state index in [2.05, 4.69) is 10.6 Å². The number of rotatable bonds is 6. The predicted octanol–water partition coefficient (Wildman–Crippen LogP) is 1.72. The van der Waals surface area contributed by atoms with Crippen molar-refractivity contribution in [1.82, 2.24) is 10.6 Å². The lowest BCUT2D eigenvalue weighted by Gasteiger charge is -2.39. The summed E-state index contributed by atoms with van der Waals surface area (Å²) in [4.78, 5) is 38.6. The third-order valence-electron chi connectivity index (χ3n) is 4.57. The van der Waals surface area contributed by atoms with Gasteiger partial charge in [-0.3, -0.25) is 14.9 Å². The summed E-state index contributed by atoms with van der Waals surface area (Å²) in [5.74, 6) is -0.343. The maximum Gasteiger partial charge on any atom is 0.318 e. The number of hydrogen-bond donors (Lipinski definition) is 3. The number of amides is 4. The number of para-hydroxylation sites is 2. The summed E-state index contributed by atoms with van der Waals surface area (Å²) in [6.07, 6.45) is -0.00378. The van der Waals surface area contributed by atoms with Crippen LogP contribution in [0.3, 0.4) is 0 Å². The topological polar surface area (TPSA) is 114 Å². The molecule has 0 unspecified atom stereocenters. The molecule has 0 bridgehead atoms. The molecule has 29 heavy (non-hydrogen) atoms. The first kappa shape index (κ1) is 20.2. The van der Waals surface area contributed by atoms with Gasteiger partial charge in [-0.15, -0.1) is 0 Å². The molecule has 8 nitrogen and oxygen atoms in total. The van der Waals surface area contributed by atoms with Crippen molar-refractivity contribution in [1.29, 1.82) is 0 Å². The van der Waals surface area contributed by atoms with Crippen molar-refractivity contribution in [3.05, 3.63) is 60.2 Å². The minimum atomic E-state index is -0.935. The molecule has 0 saturated heterocycles. The van der Waals surface area contributed by atoms with Crippen LogP contribution in [0.15, 0.2) is 54.6 Å². The molecule has 2 aromatic carbocycles. The van der Waals surface area contributed by atoms with Crippen molar-refractivity contribution >= 4 is 23.5 Å². The molecule has 2 aromatic rings.